The molecule has 10 heteroatoms. The van der Waals surface area contributed by atoms with Gasteiger partial charge in [-0.1, -0.05) is 12.1 Å². The highest BCUT2D eigenvalue weighted by Gasteiger charge is 2.35. The van der Waals surface area contributed by atoms with E-state index in [9.17, 15) is 0 Å². The van der Waals surface area contributed by atoms with Crippen LogP contribution in [-0.4, -0.2) is 86.6 Å². The largest absolute Gasteiger partial charge is 0.381 e. The first-order valence-electron chi connectivity index (χ1n) is 13.5. The SMILES string of the molecule is Cc1nc2ccccc2n1-c1nc(N2CCOCC2)c2nc(CN3CC(C4CCOCC4)C3)n(C)c2n1. The van der Waals surface area contributed by atoms with Crippen LogP contribution in [0.1, 0.15) is 24.5 Å². The lowest BCUT2D eigenvalue weighted by atomic mass is 9.81. The van der Waals surface area contributed by atoms with Crippen molar-refractivity contribution < 1.29 is 9.47 Å². The van der Waals surface area contributed by atoms with Gasteiger partial charge in [-0.25, -0.2) is 9.97 Å². The standard InChI is InChI=1S/C27H34N8O2/c1-18-28-21-5-3-4-6-22(21)35(18)27-30-25-24(26(31-27)34-9-13-37-14-10-34)29-23(32(25)2)17-33-15-20(16-33)19-7-11-36-12-8-19/h3-6,19-20H,7-17H2,1-2H3. The summed E-state index contributed by atoms with van der Waals surface area (Å²) in [5.41, 5.74) is 3.68. The Kier molecular flexibility index (Phi) is 5.82. The third kappa shape index (κ3) is 4.07. The Bertz CT molecular complexity index is 1430. The Morgan fingerprint density at radius 1 is 0.892 bits per heavy atom. The predicted molar refractivity (Wildman–Crippen MR) is 141 cm³/mol. The van der Waals surface area contributed by atoms with Crippen LogP contribution in [0.2, 0.25) is 0 Å². The van der Waals surface area contributed by atoms with Crippen molar-refractivity contribution in [3.63, 3.8) is 0 Å². The Labute approximate surface area is 216 Å². The molecule has 3 saturated heterocycles. The molecule has 4 aromatic rings. The predicted octanol–water partition coefficient (Wildman–Crippen LogP) is 2.71. The van der Waals surface area contributed by atoms with Crippen LogP contribution in [0.15, 0.2) is 24.3 Å². The topological polar surface area (TPSA) is 86.4 Å². The van der Waals surface area contributed by atoms with Gasteiger partial charge in [-0.15, -0.1) is 0 Å². The highest BCUT2D eigenvalue weighted by Crippen LogP contribution is 2.33. The second kappa shape index (κ2) is 9.34. The van der Waals surface area contributed by atoms with Crippen molar-refractivity contribution in [2.45, 2.75) is 26.3 Å². The lowest BCUT2D eigenvalue weighted by Gasteiger charge is -2.44. The first kappa shape index (κ1) is 23.1. The van der Waals surface area contributed by atoms with E-state index in [1.165, 1.54) is 12.8 Å². The van der Waals surface area contributed by atoms with Crippen molar-refractivity contribution in [1.29, 1.82) is 0 Å². The number of aromatic nitrogens is 6. The number of morpholine rings is 1. The monoisotopic (exact) mass is 502 g/mol. The van der Waals surface area contributed by atoms with Crippen LogP contribution in [0.5, 0.6) is 0 Å². The summed E-state index contributed by atoms with van der Waals surface area (Å²) >= 11 is 0. The Balaban J connectivity index is 1.25. The summed E-state index contributed by atoms with van der Waals surface area (Å²) in [7, 11) is 2.08. The number of hydrogen-bond acceptors (Lipinski definition) is 8. The molecule has 1 aromatic carbocycles. The maximum absolute atomic E-state index is 5.64. The summed E-state index contributed by atoms with van der Waals surface area (Å²) in [6, 6.07) is 8.15. The van der Waals surface area contributed by atoms with Crippen LogP contribution >= 0.6 is 0 Å². The molecule has 3 aliphatic rings. The van der Waals surface area contributed by atoms with E-state index in [1.807, 2.05) is 25.1 Å². The molecule has 0 saturated carbocycles. The van der Waals surface area contributed by atoms with Crippen molar-refractivity contribution in [2.24, 2.45) is 18.9 Å². The summed E-state index contributed by atoms with van der Waals surface area (Å²) in [5.74, 6) is 5.01. The first-order valence-corrected chi connectivity index (χ1v) is 13.5. The second-order valence-corrected chi connectivity index (χ2v) is 10.6. The summed E-state index contributed by atoms with van der Waals surface area (Å²) in [6.07, 6.45) is 2.41. The Morgan fingerprint density at radius 3 is 2.46 bits per heavy atom. The molecule has 0 aliphatic carbocycles. The number of likely N-dealkylation sites (tertiary alicyclic amines) is 1. The normalized spacial score (nSPS) is 20.2. The quantitative estimate of drug-likeness (QED) is 0.412. The van der Waals surface area contributed by atoms with Crippen molar-refractivity contribution in [1.82, 2.24) is 34.0 Å². The van der Waals surface area contributed by atoms with E-state index < -0.39 is 0 Å². The molecule has 0 unspecified atom stereocenters. The van der Waals surface area contributed by atoms with Gasteiger partial charge in [0, 0.05) is 46.4 Å². The molecule has 7 rings (SSSR count). The summed E-state index contributed by atoms with van der Waals surface area (Å²) < 4.78 is 15.4. The van der Waals surface area contributed by atoms with Gasteiger partial charge >= 0.3 is 0 Å². The average Bonchev–Trinajstić information content (AvgIpc) is 3.41. The number of hydrogen-bond donors (Lipinski definition) is 0. The van der Waals surface area contributed by atoms with E-state index in [2.05, 4.69) is 32.0 Å². The molecule has 0 atom stereocenters. The number of aryl methyl sites for hydroxylation is 2. The van der Waals surface area contributed by atoms with Gasteiger partial charge < -0.3 is 18.9 Å². The van der Waals surface area contributed by atoms with Gasteiger partial charge in [0.15, 0.2) is 17.0 Å². The molecule has 6 heterocycles. The number of rotatable bonds is 5. The van der Waals surface area contributed by atoms with Crippen molar-refractivity contribution in [2.75, 3.05) is 57.5 Å². The molecule has 0 bridgehead atoms. The smallest absolute Gasteiger partial charge is 0.239 e. The maximum atomic E-state index is 5.64. The van der Waals surface area contributed by atoms with Gasteiger partial charge in [-0.05, 0) is 43.7 Å². The fourth-order valence-corrected chi connectivity index (χ4v) is 6.14. The van der Waals surface area contributed by atoms with E-state index in [1.54, 1.807) is 0 Å². The third-order valence-electron chi connectivity index (χ3n) is 8.30. The Hall–Kier alpha value is -3.08. The van der Waals surface area contributed by atoms with Crippen molar-refractivity contribution >= 4 is 28.0 Å². The maximum Gasteiger partial charge on any atom is 0.239 e. The van der Waals surface area contributed by atoms with Gasteiger partial charge in [0.05, 0.1) is 30.8 Å². The fourth-order valence-electron chi connectivity index (χ4n) is 6.14. The molecule has 194 valence electrons. The Morgan fingerprint density at radius 2 is 1.65 bits per heavy atom. The van der Waals surface area contributed by atoms with Crippen LogP contribution < -0.4 is 4.90 Å². The molecule has 0 amide bonds. The zero-order valence-electron chi connectivity index (χ0n) is 21.6. The minimum absolute atomic E-state index is 0.637. The molecule has 0 radical (unpaired) electrons. The number of imidazole rings is 2. The minimum atomic E-state index is 0.637. The zero-order chi connectivity index (χ0) is 24.9. The first-order chi connectivity index (χ1) is 18.2. The van der Waals surface area contributed by atoms with Crippen molar-refractivity contribution in [3.05, 3.63) is 35.9 Å². The number of anilines is 1. The van der Waals surface area contributed by atoms with Gasteiger partial charge in [0.25, 0.3) is 0 Å². The van der Waals surface area contributed by atoms with Gasteiger partial charge in [0.2, 0.25) is 5.95 Å². The van der Waals surface area contributed by atoms with Crippen LogP contribution in [0.3, 0.4) is 0 Å². The number of para-hydroxylation sites is 2. The lowest BCUT2D eigenvalue weighted by molar-refractivity contribution is -0.0115. The van der Waals surface area contributed by atoms with Crippen LogP contribution in [0.4, 0.5) is 5.82 Å². The number of nitrogens with zero attached hydrogens (tertiary/aromatic N) is 8. The van der Waals surface area contributed by atoms with Crippen LogP contribution in [0, 0.1) is 18.8 Å². The molecule has 10 nitrogen and oxygen atoms in total. The van der Waals surface area contributed by atoms with Crippen molar-refractivity contribution in [3.8, 4) is 5.95 Å². The van der Waals surface area contributed by atoms with E-state index in [0.29, 0.717) is 19.2 Å². The highest BCUT2D eigenvalue weighted by atomic mass is 16.5. The number of benzene rings is 1. The van der Waals surface area contributed by atoms with Gasteiger partial charge in [-0.3, -0.25) is 9.47 Å². The average molecular weight is 503 g/mol. The third-order valence-corrected chi connectivity index (χ3v) is 8.30. The summed E-state index contributed by atoms with van der Waals surface area (Å²) in [6.45, 7) is 9.92. The second-order valence-electron chi connectivity index (χ2n) is 10.6. The number of ether oxygens (including phenoxy) is 2. The zero-order valence-corrected chi connectivity index (χ0v) is 21.6. The molecular formula is C27H34N8O2. The van der Waals surface area contributed by atoms with E-state index in [-0.39, 0.29) is 0 Å². The van der Waals surface area contributed by atoms with Gasteiger partial charge in [-0.2, -0.15) is 9.97 Å². The molecule has 3 fully saturated rings. The minimum Gasteiger partial charge on any atom is -0.381 e. The highest BCUT2D eigenvalue weighted by molar-refractivity contribution is 5.86. The fraction of sp³-hybridized carbons (Fsp3) is 0.556. The van der Waals surface area contributed by atoms with E-state index >= 15 is 0 Å². The molecule has 0 spiro atoms. The van der Waals surface area contributed by atoms with Gasteiger partial charge in [0.1, 0.15) is 11.6 Å². The molecular weight excluding hydrogens is 468 g/mol. The van der Waals surface area contributed by atoms with Crippen LogP contribution in [-0.2, 0) is 23.1 Å². The number of fused-ring (bicyclic) bond motifs is 2. The summed E-state index contributed by atoms with van der Waals surface area (Å²) in [4.78, 5) is 24.8. The molecule has 3 aliphatic heterocycles. The van der Waals surface area contributed by atoms with Crippen LogP contribution in [0.25, 0.3) is 28.1 Å². The lowest BCUT2D eigenvalue weighted by Crippen LogP contribution is -2.50. The van der Waals surface area contributed by atoms with E-state index in [4.69, 9.17) is 29.4 Å². The molecule has 3 aromatic heterocycles. The summed E-state index contributed by atoms with van der Waals surface area (Å²) in [5, 5.41) is 0. The molecule has 37 heavy (non-hydrogen) atoms. The molecule has 0 N–H and O–H groups in total. The van der Waals surface area contributed by atoms with E-state index in [0.717, 1.165) is 97.4 Å².